The van der Waals surface area contributed by atoms with Gasteiger partial charge in [0.2, 0.25) is 11.8 Å². The molecule has 1 aliphatic rings. The second-order valence-corrected chi connectivity index (χ2v) is 6.94. The molecule has 3 rings (SSSR count). The minimum Gasteiger partial charge on any atom is -0.496 e. The first-order chi connectivity index (χ1) is 14.1. The van der Waals surface area contributed by atoms with E-state index in [4.69, 9.17) is 23.7 Å². The van der Waals surface area contributed by atoms with Crippen LogP contribution in [0.3, 0.4) is 0 Å². The van der Waals surface area contributed by atoms with E-state index in [0.717, 1.165) is 5.56 Å². The second-order valence-electron chi connectivity index (χ2n) is 6.94. The number of hydrogen-bond acceptors (Lipinski definition) is 7. The fourth-order valence-corrected chi connectivity index (χ4v) is 2.83. The van der Waals surface area contributed by atoms with E-state index in [9.17, 15) is 4.79 Å². The zero-order valence-corrected chi connectivity index (χ0v) is 16.8. The first kappa shape index (κ1) is 21.0. The Bertz CT molecular complexity index is 803. The molecule has 0 radical (unpaired) electrons. The lowest BCUT2D eigenvalue weighted by molar-refractivity contribution is -0.226. The van der Waals surface area contributed by atoms with E-state index < -0.39 is 11.7 Å². The number of methoxy groups -OCH3 is 2. The Labute approximate surface area is 170 Å². The summed E-state index contributed by atoms with van der Waals surface area (Å²) >= 11 is 0. The number of ether oxygens (including phenoxy) is 5. The molecule has 1 aromatic carbocycles. The Hall–Kier alpha value is -2.68. The number of amides is 1. The number of carbonyl (C=O) groups excluding carboxylic acids is 1. The molecular weight excluding hydrogens is 376 g/mol. The van der Waals surface area contributed by atoms with Crippen LogP contribution in [0.2, 0.25) is 0 Å². The standard InChI is InChI=1S/C21H26N2O6/c1-21(13-28-19(29-14-21)16-6-4-5-7-17(16)26-3)20(24)23-15-8-9-18(22-12-15)27-11-10-25-2/h4-9,12,19H,10-11,13-14H2,1-3H3,(H,23,24). The molecule has 1 saturated heterocycles. The van der Waals surface area contributed by atoms with Gasteiger partial charge in [0.05, 0.1) is 44.2 Å². The zero-order chi connectivity index (χ0) is 20.7. The number of para-hydroxylation sites is 1. The van der Waals surface area contributed by atoms with Gasteiger partial charge in [0.25, 0.3) is 0 Å². The maximum atomic E-state index is 12.8. The van der Waals surface area contributed by atoms with Crippen LogP contribution in [0.15, 0.2) is 42.6 Å². The van der Waals surface area contributed by atoms with E-state index in [1.807, 2.05) is 24.3 Å². The monoisotopic (exact) mass is 402 g/mol. The van der Waals surface area contributed by atoms with Gasteiger partial charge in [-0.3, -0.25) is 4.79 Å². The van der Waals surface area contributed by atoms with Gasteiger partial charge < -0.3 is 29.0 Å². The summed E-state index contributed by atoms with van der Waals surface area (Å²) in [5, 5.41) is 2.86. The first-order valence-electron chi connectivity index (χ1n) is 9.31. The number of nitrogens with zero attached hydrogens (tertiary/aromatic N) is 1. The van der Waals surface area contributed by atoms with Gasteiger partial charge in [-0.2, -0.15) is 0 Å². The molecule has 1 N–H and O–H groups in total. The van der Waals surface area contributed by atoms with Gasteiger partial charge in [-0.15, -0.1) is 0 Å². The minimum absolute atomic E-state index is 0.203. The SMILES string of the molecule is COCCOc1ccc(NC(=O)C2(C)COC(c3ccccc3OC)OC2)cn1. The highest BCUT2D eigenvalue weighted by Crippen LogP contribution is 2.36. The third-order valence-corrected chi connectivity index (χ3v) is 4.58. The lowest BCUT2D eigenvalue weighted by Crippen LogP contribution is -2.45. The topological polar surface area (TPSA) is 88.1 Å². The molecule has 8 nitrogen and oxygen atoms in total. The number of nitrogens with one attached hydrogen (secondary N) is 1. The molecule has 0 spiro atoms. The molecule has 0 atom stereocenters. The molecule has 1 aliphatic heterocycles. The summed E-state index contributed by atoms with van der Waals surface area (Å²) < 4.78 is 27.4. The molecule has 2 aromatic rings. The lowest BCUT2D eigenvalue weighted by Gasteiger charge is -2.36. The molecular formula is C21H26N2O6. The van der Waals surface area contributed by atoms with E-state index in [0.29, 0.717) is 30.5 Å². The number of benzene rings is 1. The normalized spacial score (nSPS) is 21.4. The number of aromatic nitrogens is 1. The first-order valence-corrected chi connectivity index (χ1v) is 9.31. The Kier molecular flexibility index (Phi) is 7.03. The van der Waals surface area contributed by atoms with Gasteiger partial charge in [0.15, 0.2) is 6.29 Å². The summed E-state index contributed by atoms with van der Waals surface area (Å²) in [6.07, 6.45) is 0.975. The highest BCUT2D eigenvalue weighted by atomic mass is 16.7. The van der Waals surface area contributed by atoms with Crippen LogP contribution in [0.4, 0.5) is 5.69 Å². The van der Waals surface area contributed by atoms with Crippen molar-refractivity contribution in [1.82, 2.24) is 4.98 Å². The van der Waals surface area contributed by atoms with Gasteiger partial charge >= 0.3 is 0 Å². The van der Waals surface area contributed by atoms with E-state index >= 15 is 0 Å². The van der Waals surface area contributed by atoms with Crippen molar-refractivity contribution in [1.29, 1.82) is 0 Å². The van der Waals surface area contributed by atoms with Crippen LogP contribution in [-0.2, 0) is 19.0 Å². The Morgan fingerprint density at radius 2 is 1.93 bits per heavy atom. The highest BCUT2D eigenvalue weighted by Gasteiger charge is 2.40. The molecule has 0 aliphatic carbocycles. The number of pyridine rings is 1. The largest absolute Gasteiger partial charge is 0.496 e. The van der Waals surface area contributed by atoms with Crippen LogP contribution in [0.5, 0.6) is 11.6 Å². The molecule has 1 aromatic heterocycles. The van der Waals surface area contributed by atoms with Crippen LogP contribution in [0, 0.1) is 5.41 Å². The van der Waals surface area contributed by atoms with E-state index in [-0.39, 0.29) is 19.1 Å². The summed E-state index contributed by atoms with van der Waals surface area (Å²) in [5.74, 6) is 0.950. The number of rotatable bonds is 8. The fraction of sp³-hybridized carbons (Fsp3) is 0.429. The predicted molar refractivity (Wildman–Crippen MR) is 106 cm³/mol. The summed E-state index contributed by atoms with van der Waals surface area (Å²) in [6, 6.07) is 10.9. The van der Waals surface area contributed by atoms with Crippen LogP contribution in [0.1, 0.15) is 18.8 Å². The maximum Gasteiger partial charge on any atom is 0.235 e. The Morgan fingerprint density at radius 1 is 1.17 bits per heavy atom. The highest BCUT2D eigenvalue weighted by molar-refractivity contribution is 5.95. The van der Waals surface area contributed by atoms with Crippen molar-refractivity contribution in [2.24, 2.45) is 5.41 Å². The number of anilines is 1. The second kappa shape index (κ2) is 9.69. The average Bonchev–Trinajstić information content (AvgIpc) is 2.75. The predicted octanol–water partition coefficient (Wildman–Crippen LogP) is 2.81. The summed E-state index contributed by atoms with van der Waals surface area (Å²) in [4.78, 5) is 17.0. The summed E-state index contributed by atoms with van der Waals surface area (Å²) in [5.41, 5.74) is 0.541. The van der Waals surface area contributed by atoms with Gasteiger partial charge in [-0.25, -0.2) is 4.98 Å². The fourth-order valence-electron chi connectivity index (χ4n) is 2.83. The molecule has 0 bridgehead atoms. The van der Waals surface area contributed by atoms with Gasteiger partial charge in [0.1, 0.15) is 12.4 Å². The average molecular weight is 402 g/mol. The van der Waals surface area contributed by atoms with Crippen molar-refractivity contribution in [3.8, 4) is 11.6 Å². The van der Waals surface area contributed by atoms with Crippen LogP contribution in [0.25, 0.3) is 0 Å². The molecule has 1 amide bonds. The van der Waals surface area contributed by atoms with Crippen molar-refractivity contribution in [2.45, 2.75) is 13.2 Å². The van der Waals surface area contributed by atoms with E-state index in [1.54, 1.807) is 39.5 Å². The van der Waals surface area contributed by atoms with Gasteiger partial charge in [-0.05, 0) is 19.1 Å². The summed E-state index contributed by atoms with van der Waals surface area (Å²) in [7, 11) is 3.20. The molecule has 0 unspecified atom stereocenters. The van der Waals surface area contributed by atoms with Crippen molar-refractivity contribution in [2.75, 3.05) is 46.0 Å². The molecule has 8 heteroatoms. The van der Waals surface area contributed by atoms with Crippen LogP contribution < -0.4 is 14.8 Å². The lowest BCUT2D eigenvalue weighted by atomic mass is 9.90. The zero-order valence-electron chi connectivity index (χ0n) is 16.8. The molecule has 29 heavy (non-hydrogen) atoms. The van der Waals surface area contributed by atoms with E-state index in [2.05, 4.69) is 10.3 Å². The molecule has 2 heterocycles. The minimum atomic E-state index is -0.827. The van der Waals surface area contributed by atoms with Crippen LogP contribution >= 0.6 is 0 Å². The van der Waals surface area contributed by atoms with Crippen LogP contribution in [-0.4, -0.2) is 51.5 Å². The van der Waals surface area contributed by atoms with Crippen molar-refractivity contribution in [3.63, 3.8) is 0 Å². The van der Waals surface area contributed by atoms with E-state index in [1.165, 1.54) is 0 Å². The Balaban J connectivity index is 1.56. The number of hydrogen-bond donors (Lipinski definition) is 1. The van der Waals surface area contributed by atoms with Gasteiger partial charge in [0, 0.05) is 18.7 Å². The smallest absolute Gasteiger partial charge is 0.235 e. The van der Waals surface area contributed by atoms with Crippen molar-refractivity contribution >= 4 is 11.6 Å². The van der Waals surface area contributed by atoms with Crippen molar-refractivity contribution in [3.05, 3.63) is 48.2 Å². The number of carbonyl (C=O) groups is 1. The maximum absolute atomic E-state index is 12.8. The molecule has 156 valence electrons. The van der Waals surface area contributed by atoms with Crippen molar-refractivity contribution < 1.29 is 28.5 Å². The Morgan fingerprint density at radius 3 is 2.59 bits per heavy atom. The quantitative estimate of drug-likeness (QED) is 0.679. The third-order valence-electron chi connectivity index (χ3n) is 4.58. The third kappa shape index (κ3) is 5.23. The van der Waals surface area contributed by atoms with Gasteiger partial charge in [-0.1, -0.05) is 18.2 Å². The summed E-state index contributed by atoms with van der Waals surface area (Å²) in [6.45, 7) is 3.13. The molecule has 0 saturated carbocycles. The molecule has 1 fully saturated rings.